The largest absolute Gasteiger partial charge is 0.495 e. The van der Waals surface area contributed by atoms with Gasteiger partial charge in [-0.15, -0.1) is 6.58 Å². The first kappa shape index (κ1) is 17.6. The summed E-state index contributed by atoms with van der Waals surface area (Å²) in [6.45, 7) is 3.82. The van der Waals surface area contributed by atoms with Gasteiger partial charge in [-0.1, -0.05) is 17.7 Å². The number of ether oxygens (including phenoxy) is 1. The van der Waals surface area contributed by atoms with Crippen LogP contribution >= 0.6 is 11.6 Å². The second-order valence-corrected chi connectivity index (χ2v) is 7.03. The Balaban J connectivity index is 1.91. The van der Waals surface area contributed by atoms with Crippen molar-refractivity contribution in [3.8, 4) is 5.75 Å². The lowest BCUT2D eigenvalue weighted by Gasteiger charge is -2.13. The van der Waals surface area contributed by atoms with E-state index in [4.69, 9.17) is 25.2 Å². The zero-order valence-electron chi connectivity index (χ0n) is 15.4. The zero-order chi connectivity index (χ0) is 20.1. The average molecular weight is 407 g/mol. The Morgan fingerprint density at radius 2 is 2.17 bits per heavy atom. The first-order valence-corrected chi connectivity index (χ1v) is 9.28. The third-order valence-corrected chi connectivity index (χ3v) is 5.16. The molecule has 1 N–H and O–H groups in total. The van der Waals surface area contributed by atoms with E-state index in [-0.39, 0.29) is 11.3 Å². The molecule has 2 aromatic heterocycles. The number of anilines is 2. The van der Waals surface area contributed by atoms with E-state index in [2.05, 4.69) is 16.9 Å². The summed E-state index contributed by atoms with van der Waals surface area (Å²) in [5.74, 6) is 0.692. The predicted octanol–water partition coefficient (Wildman–Crippen LogP) is 5.74. The zero-order valence-corrected chi connectivity index (χ0v) is 16.2. The van der Waals surface area contributed by atoms with E-state index in [1.54, 1.807) is 36.6 Å². The number of furan rings is 1. The number of allylic oxidation sites excluding steroid dienone is 1. The molecular weight excluding hydrogens is 392 g/mol. The van der Waals surface area contributed by atoms with E-state index in [1.165, 1.54) is 13.3 Å². The molecule has 0 fully saturated rings. The molecule has 4 aromatic rings. The number of aliphatic imine (C=N–C) groups is 1. The minimum absolute atomic E-state index is 0.248. The van der Waals surface area contributed by atoms with Crippen LogP contribution in [-0.2, 0) is 6.42 Å². The van der Waals surface area contributed by atoms with Gasteiger partial charge in [0.05, 0.1) is 30.1 Å². The molecule has 1 aliphatic rings. The van der Waals surface area contributed by atoms with Crippen molar-refractivity contribution in [2.75, 3.05) is 12.4 Å². The molecule has 0 amide bonds. The molecule has 0 saturated heterocycles. The van der Waals surface area contributed by atoms with E-state index >= 15 is 0 Å². The molecule has 5 rings (SSSR count). The first-order valence-electron chi connectivity index (χ1n) is 8.90. The van der Waals surface area contributed by atoms with Gasteiger partial charge in [0, 0.05) is 16.8 Å². The molecule has 7 heteroatoms. The Bertz CT molecular complexity index is 1400. The Morgan fingerprint density at radius 3 is 2.97 bits per heavy atom. The van der Waals surface area contributed by atoms with Gasteiger partial charge in [0.25, 0.3) is 0 Å². The van der Waals surface area contributed by atoms with E-state index in [9.17, 15) is 4.79 Å². The van der Waals surface area contributed by atoms with Crippen LogP contribution in [0.15, 0.2) is 61.8 Å². The van der Waals surface area contributed by atoms with Crippen molar-refractivity contribution in [2.45, 2.75) is 6.42 Å². The highest BCUT2D eigenvalue weighted by Gasteiger charge is 2.25. The molecule has 144 valence electrons. The topological polar surface area (TPSA) is 77.0 Å². The second-order valence-electron chi connectivity index (χ2n) is 6.59. The van der Waals surface area contributed by atoms with Crippen molar-refractivity contribution < 1.29 is 13.6 Å². The minimum Gasteiger partial charge on any atom is -0.495 e. The van der Waals surface area contributed by atoms with Crippen LogP contribution in [0, 0.1) is 0 Å². The summed E-state index contributed by atoms with van der Waals surface area (Å²) >= 11 is 6.12. The predicted molar refractivity (Wildman–Crippen MR) is 115 cm³/mol. The highest BCUT2D eigenvalue weighted by Crippen LogP contribution is 2.41. The lowest BCUT2D eigenvalue weighted by molar-refractivity contribution is 0.423. The van der Waals surface area contributed by atoms with E-state index in [1.807, 2.05) is 0 Å². The van der Waals surface area contributed by atoms with Gasteiger partial charge in [0.15, 0.2) is 5.58 Å². The van der Waals surface area contributed by atoms with Crippen molar-refractivity contribution in [1.82, 2.24) is 0 Å². The Morgan fingerprint density at radius 1 is 1.31 bits per heavy atom. The number of nitrogens with one attached hydrogen (secondary N) is 1. The van der Waals surface area contributed by atoms with Crippen molar-refractivity contribution in [3.63, 3.8) is 0 Å². The summed E-state index contributed by atoms with van der Waals surface area (Å²) in [6.07, 6.45) is 5.26. The number of nitrogens with zero attached hydrogens (tertiary/aromatic N) is 1. The fourth-order valence-corrected chi connectivity index (χ4v) is 3.83. The molecule has 0 unspecified atom stereocenters. The normalized spacial score (nSPS) is 12.3. The number of fused-ring (bicyclic) bond motifs is 4. The second kappa shape index (κ2) is 6.53. The number of halogens is 1. The third kappa shape index (κ3) is 2.57. The van der Waals surface area contributed by atoms with E-state index < -0.39 is 0 Å². The molecule has 0 spiro atoms. The summed E-state index contributed by atoms with van der Waals surface area (Å²) < 4.78 is 17.5. The maximum atomic E-state index is 13.5. The average Bonchev–Trinajstić information content (AvgIpc) is 3.11. The van der Waals surface area contributed by atoms with Gasteiger partial charge >= 0.3 is 0 Å². The fraction of sp³-hybridized carbons (Fsp3) is 0.0909. The van der Waals surface area contributed by atoms with Gasteiger partial charge in [-0.3, -0.25) is 9.79 Å². The Kier molecular flexibility index (Phi) is 3.96. The third-order valence-electron chi connectivity index (χ3n) is 4.92. The molecule has 0 radical (unpaired) electrons. The van der Waals surface area contributed by atoms with Gasteiger partial charge < -0.3 is 18.9 Å². The van der Waals surface area contributed by atoms with Crippen LogP contribution in [0.4, 0.5) is 17.3 Å². The first-order chi connectivity index (χ1) is 14.1. The minimum atomic E-state index is -0.248. The molecule has 0 aliphatic carbocycles. The molecule has 2 aromatic carbocycles. The molecule has 3 heterocycles. The summed E-state index contributed by atoms with van der Waals surface area (Å²) in [5, 5.41) is 4.75. The summed E-state index contributed by atoms with van der Waals surface area (Å²) in [6, 6.07) is 7.01. The van der Waals surface area contributed by atoms with Crippen LogP contribution in [-0.4, -0.2) is 13.3 Å². The lowest BCUT2D eigenvalue weighted by atomic mass is 10.0. The summed E-state index contributed by atoms with van der Waals surface area (Å²) in [4.78, 5) is 17.9. The highest BCUT2D eigenvalue weighted by atomic mass is 35.5. The van der Waals surface area contributed by atoms with E-state index in [0.29, 0.717) is 56.1 Å². The maximum absolute atomic E-state index is 13.5. The molecule has 6 nitrogen and oxygen atoms in total. The van der Waals surface area contributed by atoms with Crippen LogP contribution in [0.5, 0.6) is 5.75 Å². The number of methoxy groups -OCH3 is 1. The van der Waals surface area contributed by atoms with Gasteiger partial charge in [0.2, 0.25) is 11.3 Å². The Labute approximate surface area is 170 Å². The van der Waals surface area contributed by atoms with Gasteiger partial charge in [-0.05, 0) is 30.7 Å². The monoisotopic (exact) mass is 406 g/mol. The molecule has 0 saturated carbocycles. The fourth-order valence-electron chi connectivity index (χ4n) is 3.66. The molecule has 29 heavy (non-hydrogen) atoms. The number of hydrogen-bond acceptors (Lipinski definition) is 6. The summed E-state index contributed by atoms with van der Waals surface area (Å²) in [7, 11) is 1.52. The van der Waals surface area contributed by atoms with Crippen LogP contribution in [0.1, 0.15) is 11.1 Å². The standard InChI is InChI=1S/C22H15ClN2O4/c1-3-4-12-19-13(7-8-28-19)20(27-2)17-18(26)14-10-24-15-6-5-11(23)9-16(15)25-22(14)29-21(12)17/h3,5-10,25H,1,4H2,2H3. The van der Waals surface area contributed by atoms with Crippen LogP contribution in [0.2, 0.25) is 5.02 Å². The summed E-state index contributed by atoms with van der Waals surface area (Å²) in [5.41, 5.74) is 3.06. The maximum Gasteiger partial charge on any atom is 0.210 e. The SMILES string of the molecule is C=CCc1c2occc2c(OC)c2c(=O)c3c(oc12)Nc1cc(Cl)ccc1N=C3. The lowest BCUT2D eigenvalue weighted by Crippen LogP contribution is -2.13. The van der Waals surface area contributed by atoms with Crippen molar-refractivity contribution in [2.24, 2.45) is 4.99 Å². The van der Waals surface area contributed by atoms with Gasteiger partial charge in [-0.25, -0.2) is 0 Å². The number of hydrogen-bond donors (Lipinski definition) is 1. The van der Waals surface area contributed by atoms with Gasteiger partial charge in [0.1, 0.15) is 22.3 Å². The molecule has 0 atom stereocenters. The smallest absolute Gasteiger partial charge is 0.210 e. The number of benzene rings is 2. The molecular formula is C22H15ClN2O4. The van der Waals surface area contributed by atoms with Crippen LogP contribution < -0.4 is 15.5 Å². The number of rotatable bonds is 3. The van der Waals surface area contributed by atoms with Crippen LogP contribution in [0.3, 0.4) is 0 Å². The Hall–Kier alpha value is -3.51. The van der Waals surface area contributed by atoms with Crippen LogP contribution in [0.25, 0.3) is 21.9 Å². The molecule has 0 bridgehead atoms. The van der Waals surface area contributed by atoms with E-state index in [0.717, 1.165) is 5.56 Å². The quantitative estimate of drug-likeness (QED) is 0.387. The molecule has 1 aliphatic heterocycles. The van der Waals surface area contributed by atoms with Crippen molar-refractivity contribution in [1.29, 1.82) is 0 Å². The van der Waals surface area contributed by atoms with Crippen molar-refractivity contribution >= 4 is 57.0 Å². The van der Waals surface area contributed by atoms with Crippen molar-refractivity contribution in [3.05, 3.63) is 69.6 Å². The highest BCUT2D eigenvalue weighted by molar-refractivity contribution is 6.31. The van der Waals surface area contributed by atoms with Gasteiger partial charge in [-0.2, -0.15) is 0 Å².